The Kier molecular flexibility index (Phi) is 10.7. The molecule has 17 heteroatoms. The number of hydrogen-bond donors (Lipinski definition) is 9. The first-order valence-electron chi connectivity index (χ1n) is 12.7. The number of aromatic carboxylic acids is 1. The smallest absolute Gasteiger partial charge is 0.339 e. The highest BCUT2D eigenvalue weighted by Gasteiger charge is 2.24. The number of anilines is 3. The number of benzene rings is 2. The molecule has 0 aliphatic heterocycles. The monoisotopic (exact) mass is 623 g/mol. The largest absolute Gasteiger partial charge is 0.504 e. The van der Waals surface area contributed by atoms with Gasteiger partial charge in [-0.15, -0.1) is 0 Å². The number of carboxylic acid groups (broad SMARTS) is 1. The van der Waals surface area contributed by atoms with Gasteiger partial charge in [-0.1, -0.05) is 0 Å². The van der Waals surface area contributed by atoms with Gasteiger partial charge in [0.15, 0.2) is 23.0 Å². The lowest BCUT2D eigenvalue weighted by Gasteiger charge is -2.16. The Balaban J connectivity index is 1.76. The number of pyridine rings is 1. The molecule has 0 saturated heterocycles. The second-order valence-electron chi connectivity index (χ2n) is 9.00. The highest BCUT2D eigenvalue weighted by molar-refractivity contribution is 6.10. The number of carboxylic acids is 1. The third-order valence-corrected chi connectivity index (χ3v) is 6.15. The standard InChI is InChI=1S/C28H29N7O10/c1-44-23-18(7-4-15(21(23)37)25(39)34-17-8-5-16(28(42)43)22(38)24(17)45-2)35-26(40)19-6-3-14(11-31-19)33-27(41)20(32-12-36)9-13(30)10-29/h3-8,10-12,20,37-38H,9,29-30H2,1-2H3,(H,32,36)(H,33,41)(H,34,39)(H,35,40)(H,42,43)/b13-10-. The summed E-state index contributed by atoms with van der Waals surface area (Å²) >= 11 is 0. The van der Waals surface area contributed by atoms with Crippen LogP contribution in [0.2, 0.25) is 0 Å². The minimum Gasteiger partial charge on any atom is -0.504 e. The molecule has 1 aromatic heterocycles. The first-order valence-corrected chi connectivity index (χ1v) is 12.7. The fourth-order valence-corrected chi connectivity index (χ4v) is 3.93. The molecule has 4 amide bonds. The second-order valence-corrected chi connectivity index (χ2v) is 9.00. The van der Waals surface area contributed by atoms with Gasteiger partial charge in [-0.25, -0.2) is 9.78 Å². The Labute approximate surface area is 254 Å². The maximum absolute atomic E-state index is 13.0. The molecule has 236 valence electrons. The zero-order valence-corrected chi connectivity index (χ0v) is 23.8. The molecule has 0 aliphatic rings. The molecule has 0 bridgehead atoms. The Morgan fingerprint density at radius 1 is 0.889 bits per heavy atom. The third kappa shape index (κ3) is 7.66. The zero-order chi connectivity index (χ0) is 33.3. The van der Waals surface area contributed by atoms with Crippen LogP contribution < -0.4 is 42.2 Å². The van der Waals surface area contributed by atoms with Crippen molar-refractivity contribution >= 4 is 47.2 Å². The molecule has 0 aliphatic carbocycles. The number of nitrogens with zero attached hydrogens (tertiary/aromatic N) is 1. The van der Waals surface area contributed by atoms with Gasteiger partial charge < -0.3 is 57.5 Å². The summed E-state index contributed by atoms with van der Waals surface area (Å²) in [5, 5.41) is 39.9. The van der Waals surface area contributed by atoms with Gasteiger partial charge in [0.05, 0.1) is 43.0 Å². The van der Waals surface area contributed by atoms with Gasteiger partial charge in [-0.05, 0) is 36.4 Å². The number of rotatable bonds is 13. The Morgan fingerprint density at radius 3 is 1.98 bits per heavy atom. The first-order chi connectivity index (χ1) is 21.4. The number of methoxy groups -OCH3 is 2. The van der Waals surface area contributed by atoms with Crippen LogP contribution in [0.4, 0.5) is 17.1 Å². The van der Waals surface area contributed by atoms with Crippen LogP contribution in [-0.4, -0.2) is 70.7 Å². The number of nitrogens with one attached hydrogen (secondary N) is 4. The van der Waals surface area contributed by atoms with Crippen molar-refractivity contribution in [2.45, 2.75) is 12.5 Å². The Hall–Kier alpha value is -6.52. The summed E-state index contributed by atoms with van der Waals surface area (Å²) in [5.74, 6) is -5.58. The molecule has 0 saturated carbocycles. The molecule has 0 radical (unpaired) electrons. The summed E-state index contributed by atoms with van der Waals surface area (Å²) in [4.78, 5) is 64.5. The van der Waals surface area contributed by atoms with Crippen LogP contribution in [-0.2, 0) is 9.59 Å². The molecule has 17 nitrogen and oxygen atoms in total. The summed E-state index contributed by atoms with van der Waals surface area (Å²) in [6.45, 7) is 0. The van der Waals surface area contributed by atoms with Crippen LogP contribution in [0.5, 0.6) is 23.0 Å². The molecule has 11 N–H and O–H groups in total. The average molecular weight is 624 g/mol. The molecule has 3 rings (SSSR count). The van der Waals surface area contributed by atoms with Gasteiger partial charge in [-0.3, -0.25) is 19.2 Å². The second kappa shape index (κ2) is 14.6. The summed E-state index contributed by atoms with van der Waals surface area (Å²) in [6.07, 6.45) is 2.61. The normalized spacial score (nSPS) is 11.5. The number of aromatic hydroxyl groups is 2. The summed E-state index contributed by atoms with van der Waals surface area (Å²) in [6, 6.07) is 6.39. The topological polar surface area (TPSA) is 278 Å². The number of amides is 4. The Morgan fingerprint density at radius 2 is 1.47 bits per heavy atom. The summed E-state index contributed by atoms with van der Waals surface area (Å²) < 4.78 is 10.2. The van der Waals surface area contributed by atoms with E-state index in [1.165, 1.54) is 43.6 Å². The lowest BCUT2D eigenvalue weighted by atomic mass is 10.1. The first kappa shape index (κ1) is 33.0. The highest BCUT2D eigenvalue weighted by Crippen LogP contribution is 2.40. The fourth-order valence-electron chi connectivity index (χ4n) is 3.93. The molecule has 1 atom stereocenters. The van der Waals surface area contributed by atoms with E-state index >= 15 is 0 Å². The predicted octanol–water partition coefficient (Wildman–Crippen LogP) is 0.915. The molecule has 45 heavy (non-hydrogen) atoms. The third-order valence-electron chi connectivity index (χ3n) is 6.15. The fraction of sp³-hybridized carbons (Fsp3) is 0.143. The molecule has 3 aromatic rings. The van der Waals surface area contributed by atoms with E-state index in [4.69, 9.17) is 20.9 Å². The maximum atomic E-state index is 13.0. The summed E-state index contributed by atoms with van der Waals surface area (Å²) in [7, 11) is 2.35. The Bertz CT molecular complexity index is 1660. The van der Waals surface area contributed by atoms with Crippen molar-refractivity contribution in [3.05, 3.63) is 71.3 Å². The van der Waals surface area contributed by atoms with E-state index in [1.807, 2.05) is 0 Å². The van der Waals surface area contributed by atoms with Crippen molar-refractivity contribution in [1.29, 1.82) is 0 Å². The SMILES string of the molecule is COc1c(NC(=O)c2ccc(NC(=O)c3ccc(NC(=O)C(C/C(N)=C/N)NC=O)cn3)c(OC)c2O)ccc(C(=O)O)c1O. The van der Waals surface area contributed by atoms with E-state index in [-0.39, 0.29) is 51.9 Å². The van der Waals surface area contributed by atoms with Gasteiger partial charge in [-0.2, -0.15) is 0 Å². The van der Waals surface area contributed by atoms with Crippen LogP contribution in [0.1, 0.15) is 37.6 Å². The lowest BCUT2D eigenvalue weighted by Crippen LogP contribution is -2.41. The van der Waals surface area contributed by atoms with E-state index in [0.29, 0.717) is 6.41 Å². The molecule has 1 heterocycles. The van der Waals surface area contributed by atoms with E-state index in [1.54, 1.807) is 0 Å². The van der Waals surface area contributed by atoms with Gasteiger partial charge in [0, 0.05) is 18.3 Å². The van der Waals surface area contributed by atoms with Crippen LogP contribution in [0.25, 0.3) is 0 Å². The van der Waals surface area contributed by atoms with E-state index in [0.717, 1.165) is 19.4 Å². The predicted molar refractivity (Wildman–Crippen MR) is 159 cm³/mol. The number of carbonyl (C=O) groups is 5. The van der Waals surface area contributed by atoms with E-state index in [9.17, 15) is 39.3 Å². The van der Waals surface area contributed by atoms with Crippen LogP contribution in [0, 0.1) is 0 Å². The van der Waals surface area contributed by atoms with Crippen LogP contribution in [0.3, 0.4) is 0 Å². The number of nitrogens with two attached hydrogens (primary N) is 2. The number of phenolic OH excluding ortho intramolecular Hbond substituents is 1. The number of phenols is 2. The van der Waals surface area contributed by atoms with Crippen LogP contribution in [0.15, 0.2) is 54.5 Å². The molecular weight excluding hydrogens is 594 g/mol. The zero-order valence-electron chi connectivity index (χ0n) is 23.8. The van der Waals surface area contributed by atoms with E-state index in [2.05, 4.69) is 26.3 Å². The van der Waals surface area contributed by atoms with Gasteiger partial charge in [0.25, 0.3) is 11.8 Å². The lowest BCUT2D eigenvalue weighted by molar-refractivity contribution is -0.121. The van der Waals surface area contributed by atoms with Crippen molar-refractivity contribution in [3.8, 4) is 23.0 Å². The molecular formula is C28H29N7O10. The van der Waals surface area contributed by atoms with E-state index < -0.39 is 46.8 Å². The average Bonchev–Trinajstić information content (AvgIpc) is 3.01. The van der Waals surface area contributed by atoms with Crippen molar-refractivity contribution in [1.82, 2.24) is 10.3 Å². The van der Waals surface area contributed by atoms with Crippen molar-refractivity contribution < 1.29 is 48.8 Å². The minimum absolute atomic E-state index is 0.0231. The van der Waals surface area contributed by atoms with Gasteiger partial charge in [0.2, 0.25) is 12.3 Å². The van der Waals surface area contributed by atoms with Crippen molar-refractivity contribution in [2.75, 3.05) is 30.2 Å². The molecule has 1 unspecified atom stereocenters. The van der Waals surface area contributed by atoms with Gasteiger partial charge >= 0.3 is 5.97 Å². The van der Waals surface area contributed by atoms with Crippen molar-refractivity contribution in [2.24, 2.45) is 11.5 Å². The number of hydrogen-bond acceptors (Lipinski definition) is 12. The number of ether oxygens (including phenoxy) is 2. The van der Waals surface area contributed by atoms with Crippen molar-refractivity contribution in [3.63, 3.8) is 0 Å². The molecule has 2 aromatic carbocycles. The minimum atomic E-state index is -1.42. The van der Waals surface area contributed by atoms with Crippen LogP contribution >= 0.6 is 0 Å². The molecule has 0 spiro atoms. The van der Waals surface area contributed by atoms with Gasteiger partial charge in [0.1, 0.15) is 17.3 Å². The highest BCUT2D eigenvalue weighted by atomic mass is 16.5. The summed E-state index contributed by atoms with van der Waals surface area (Å²) in [5.41, 5.74) is 10.4. The molecule has 0 fully saturated rings. The number of carbonyl (C=O) groups excluding carboxylic acids is 4. The number of aromatic nitrogens is 1. The maximum Gasteiger partial charge on any atom is 0.339 e. The quantitative estimate of drug-likeness (QED) is 0.120.